The van der Waals surface area contributed by atoms with Gasteiger partial charge in [0.1, 0.15) is 0 Å². The zero-order chi connectivity index (χ0) is 17.0. The summed E-state index contributed by atoms with van der Waals surface area (Å²) in [5, 5.41) is 3.00. The third-order valence-corrected chi connectivity index (χ3v) is 6.32. The Labute approximate surface area is 139 Å². The van der Waals surface area contributed by atoms with Crippen LogP contribution in [0.15, 0.2) is 18.2 Å². The van der Waals surface area contributed by atoms with Gasteiger partial charge in [0.15, 0.2) is 0 Å². The van der Waals surface area contributed by atoms with Crippen molar-refractivity contribution >= 4 is 21.6 Å². The molecule has 0 spiro atoms. The molecule has 0 fully saturated rings. The van der Waals surface area contributed by atoms with E-state index in [-0.39, 0.29) is 11.7 Å². The van der Waals surface area contributed by atoms with Crippen molar-refractivity contribution in [2.45, 2.75) is 46.6 Å². The van der Waals surface area contributed by atoms with E-state index in [9.17, 15) is 13.2 Å². The van der Waals surface area contributed by atoms with Gasteiger partial charge in [-0.25, -0.2) is 8.42 Å². The lowest BCUT2D eigenvalue weighted by molar-refractivity contribution is -0.117. The Morgan fingerprint density at radius 1 is 1.35 bits per heavy atom. The number of anilines is 1. The molecular formula is C17H26N2O3S. The lowest BCUT2D eigenvalue weighted by Gasteiger charge is -2.29. The molecular weight excluding hydrogens is 312 g/mol. The molecule has 0 radical (unpaired) electrons. The van der Waals surface area contributed by atoms with E-state index < -0.39 is 10.0 Å². The average Bonchev–Trinajstić information content (AvgIpc) is 2.54. The summed E-state index contributed by atoms with van der Waals surface area (Å²) < 4.78 is 25.6. The van der Waals surface area contributed by atoms with Crippen molar-refractivity contribution in [3.63, 3.8) is 0 Å². The van der Waals surface area contributed by atoms with Crippen LogP contribution in [0.2, 0.25) is 0 Å². The monoisotopic (exact) mass is 338 g/mol. The molecule has 0 bridgehead atoms. The van der Waals surface area contributed by atoms with Crippen molar-refractivity contribution < 1.29 is 13.2 Å². The van der Waals surface area contributed by atoms with Gasteiger partial charge in [-0.3, -0.25) is 4.79 Å². The number of rotatable bonds is 6. The van der Waals surface area contributed by atoms with Crippen LogP contribution < -0.4 is 5.32 Å². The fraction of sp³-hybridized carbons (Fsp3) is 0.588. The van der Waals surface area contributed by atoms with Gasteiger partial charge < -0.3 is 5.32 Å². The molecule has 1 unspecified atom stereocenters. The first-order valence-electron chi connectivity index (χ1n) is 8.25. The van der Waals surface area contributed by atoms with Crippen LogP contribution in [0, 0.1) is 5.92 Å². The van der Waals surface area contributed by atoms with Crippen LogP contribution in [0.4, 0.5) is 5.69 Å². The number of nitrogens with zero attached hydrogens (tertiary/aromatic N) is 1. The molecule has 1 N–H and O–H groups in total. The van der Waals surface area contributed by atoms with Gasteiger partial charge >= 0.3 is 0 Å². The van der Waals surface area contributed by atoms with Crippen molar-refractivity contribution in [1.29, 1.82) is 0 Å². The van der Waals surface area contributed by atoms with E-state index in [0.29, 0.717) is 31.8 Å². The van der Waals surface area contributed by atoms with Gasteiger partial charge in [0.25, 0.3) is 0 Å². The van der Waals surface area contributed by atoms with Crippen molar-refractivity contribution in [1.82, 2.24) is 4.31 Å². The highest BCUT2D eigenvalue weighted by atomic mass is 32.2. The second-order valence-corrected chi connectivity index (χ2v) is 8.45. The van der Waals surface area contributed by atoms with E-state index >= 15 is 0 Å². The summed E-state index contributed by atoms with van der Waals surface area (Å²) in [6.07, 6.45) is 2.12. The summed E-state index contributed by atoms with van der Waals surface area (Å²) in [6.45, 7) is 6.66. The van der Waals surface area contributed by atoms with E-state index in [1.807, 2.05) is 18.2 Å². The fourth-order valence-electron chi connectivity index (χ4n) is 2.78. The lowest BCUT2D eigenvalue weighted by atomic mass is 9.98. The molecule has 1 aromatic rings. The van der Waals surface area contributed by atoms with E-state index in [1.54, 1.807) is 6.92 Å². The Kier molecular flexibility index (Phi) is 5.81. The van der Waals surface area contributed by atoms with Gasteiger partial charge in [-0.15, -0.1) is 0 Å². The average molecular weight is 338 g/mol. The minimum absolute atomic E-state index is 0.0244. The fourth-order valence-corrected chi connectivity index (χ4v) is 3.85. The Morgan fingerprint density at radius 2 is 2.09 bits per heavy atom. The number of amides is 1. The molecule has 2 rings (SSSR count). The maximum atomic E-state index is 12.1. The molecule has 5 nitrogen and oxygen atoms in total. The molecule has 1 amide bonds. The quantitative estimate of drug-likeness (QED) is 0.867. The molecule has 1 aliphatic heterocycles. The first kappa shape index (κ1) is 17.9. The van der Waals surface area contributed by atoms with Crippen molar-refractivity contribution in [2.75, 3.05) is 17.6 Å². The molecule has 128 valence electrons. The predicted octanol–water partition coefficient (Wildman–Crippen LogP) is 2.77. The minimum atomic E-state index is -3.17. The molecule has 1 aromatic carbocycles. The molecule has 6 heteroatoms. The third-order valence-electron chi connectivity index (χ3n) is 4.49. The number of hydrogen-bond donors (Lipinski definition) is 1. The highest BCUT2D eigenvalue weighted by Crippen LogP contribution is 2.28. The van der Waals surface area contributed by atoms with E-state index in [4.69, 9.17) is 0 Å². The molecule has 1 aliphatic rings. The third kappa shape index (κ3) is 4.32. The lowest BCUT2D eigenvalue weighted by Crippen LogP contribution is -2.37. The topological polar surface area (TPSA) is 66.5 Å². The van der Waals surface area contributed by atoms with Crippen molar-refractivity contribution in [3.05, 3.63) is 29.3 Å². The number of benzene rings is 1. The van der Waals surface area contributed by atoms with Crippen LogP contribution in [0.3, 0.4) is 0 Å². The summed E-state index contributed by atoms with van der Waals surface area (Å²) in [4.78, 5) is 12.1. The van der Waals surface area contributed by atoms with Crippen LogP contribution in [0.1, 0.15) is 44.7 Å². The van der Waals surface area contributed by atoms with Gasteiger partial charge in [-0.05, 0) is 36.5 Å². The highest BCUT2D eigenvalue weighted by Gasteiger charge is 2.26. The second kappa shape index (κ2) is 7.45. The van der Waals surface area contributed by atoms with E-state index in [2.05, 4.69) is 19.2 Å². The van der Waals surface area contributed by atoms with Crippen LogP contribution in [0.25, 0.3) is 0 Å². The molecule has 0 aromatic heterocycles. The zero-order valence-electron chi connectivity index (χ0n) is 14.1. The number of nitrogens with one attached hydrogen (secondary N) is 1. The maximum absolute atomic E-state index is 12.1. The summed E-state index contributed by atoms with van der Waals surface area (Å²) in [5.74, 6) is 0.504. The first-order chi connectivity index (χ1) is 10.9. The van der Waals surface area contributed by atoms with Crippen LogP contribution in [0.5, 0.6) is 0 Å². The Balaban J connectivity index is 2.15. The highest BCUT2D eigenvalue weighted by molar-refractivity contribution is 7.89. The summed E-state index contributed by atoms with van der Waals surface area (Å²) >= 11 is 0. The maximum Gasteiger partial charge on any atom is 0.224 e. The van der Waals surface area contributed by atoms with Crippen LogP contribution in [-0.2, 0) is 27.8 Å². The zero-order valence-corrected chi connectivity index (χ0v) is 14.9. The van der Waals surface area contributed by atoms with Crippen molar-refractivity contribution in [2.24, 2.45) is 5.92 Å². The van der Waals surface area contributed by atoms with Crippen LogP contribution in [-0.4, -0.2) is 30.9 Å². The molecule has 0 aliphatic carbocycles. The summed E-state index contributed by atoms with van der Waals surface area (Å²) in [7, 11) is -3.17. The predicted molar refractivity (Wildman–Crippen MR) is 92.7 cm³/mol. The first-order valence-corrected chi connectivity index (χ1v) is 9.86. The summed E-state index contributed by atoms with van der Waals surface area (Å²) in [6, 6.07) is 5.72. The van der Waals surface area contributed by atoms with Gasteiger partial charge in [0.05, 0.1) is 5.75 Å². The molecule has 0 saturated carbocycles. The normalized spacial score (nSPS) is 16.7. The Morgan fingerprint density at radius 3 is 2.74 bits per heavy atom. The number of sulfonamides is 1. The molecule has 23 heavy (non-hydrogen) atoms. The van der Waals surface area contributed by atoms with E-state index in [1.165, 1.54) is 4.31 Å². The Hall–Kier alpha value is -1.40. The molecule has 1 atom stereocenters. The number of hydrogen-bond acceptors (Lipinski definition) is 3. The van der Waals surface area contributed by atoms with Gasteiger partial charge in [0.2, 0.25) is 15.9 Å². The standard InChI is InChI=1S/C17H26N2O3S/c1-4-13(3)11-17(20)18-16-8-6-7-14-12-19(10-9-15(14)16)23(21,22)5-2/h6-8,13H,4-5,9-12H2,1-3H3,(H,18,20). The smallest absolute Gasteiger partial charge is 0.224 e. The summed E-state index contributed by atoms with van der Waals surface area (Å²) in [5.41, 5.74) is 2.87. The van der Waals surface area contributed by atoms with Gasteiger partial charge in [-0.2, -0.15) is 4.31 Å². The van der Waals surface area contributed by atoms with Gasteiger partial charge in [-0.1, -0.05) is 32.4 Å². The number of fused-ring (bicyclic) bond motifs is 1. The van der Waals surface area contributed by atoms with Crippen molar-refractivity contribution in [3.8, 4) is 0 Å². The van der Waals surface area contributed by atoms with E-state index in [0.717, 1.165) is 23.2 Å². The minimum Gasteiger partial charge on any atom is -0.326 e. The number of carbonyl (C=O) groups is 1. The van der Waals surface area contributed by atoms with Gasteiger partial charge in [0, 0.05) is 25.2 Å². The SMILES string of the molecule is CCC(C)CC(=O)Nc1cccc2c1CCN(S(=O)(=O)CC)C2. The Bertz CT molecular complexity index is 670. The van der Waals surface area contributed by atoms with Crippen LogP contribution >= 0.6 is 0 Å². The largest absolute Gasteiger partial charge is 0.326 e. The number of carbonyl (C=O) groups excluding carboxylic acids is 1. The second-order valence-electron chi connectivity index (χ2n) is 6.19. The molecule has 1 heterocycles. The molecule has 0 saturated heterocycles.